The highest BCUT2D eigenvalue weighted by atomic mass is 16.7. The van der Waals surface area contributed by atoms with Gasteiger partial charge in [-0.05, 0) is 25.7 Å². The van der Waals surface area contributed by atoms with Crippen LogP contribution in [0, 0.1) is 0 Å². The lowest BCUT2D eigenvalue weighted by molar-refractivity contribution is -0.302. The predicted octanol–water partition coefficient (Wildman–Crippen LogP) is 15.0. The summed E-state index contributed by atoms with van der Waals surface area (Å²) in [5.74, 6) is -0.186. The normalized spacial score (nSPS) is 19.6. The second-order valence-electron chi connectivity index (χ2n) is 21.1. The fourth-order valence-electron chi connectivity index (χ4n) is 9.77. The monoisotopic (exact) mass is 978 g/mol. The van der Waals surface area contributed by atoms with E-state index in [1.54, 1.807) is 6.08 Å². The molecule has 69 heavy (non-hydrogen) atoms. The second kappa shape index (κ2) is 50.2. The fourth-order valence-corrected chi connectivity index (χ4v) is 9.77. The Morgan fingerprint density at radius 2 is 0.826 bits per heavy atom. The lowest BCUT2D eigenvalue weighted by Gasteiger charge is -2.40. The molecule has 1 fully saturated rings. The van der Waals surface area contributed by atoms with E-state index in [2.05, 4.69) is 31.3 Å². The van der Waals surface area contributed by atoms with Gasteiger partial charge in [-0.15, -0.1) is 0 Å². The van der Waals surface area contributed by atoms with E-state index >= 15 is 0 Å². The average molecular weight is 979 g/mol. The lowest BCUT2D eigenvalue weighted by Crippen LogP contribution is -2.60. The summed E-state index contributed by atoms with van der Waals surface area (Å²) in [6.45, 7) is 3.67. The van der Waals surface area contributed by atoms with Gasteiger partial charge in [0.25, 0.3) is 0 Å². The number of hydrogen-bond acceptors (Lipinski definition) is 8. The van der Waals surface area contributed by atoms with E-state index < -0.39 is 49.5 Å². The summed E-state index contributed by atoms with van der Waals surface area (Å²) in [5, 5.41) is 54.0. The standard InChI is InChI=1S/C60H115NO8/c1-3-5-7-9-11-12-13-14-15-16-17-18-19-20-21-22-23-24-25-26-27-28-29-30-31-32-33-34-35-36-37-38-39-40-41-42-44-46-48-50-56(64)61-53(54(63)49-47-45-43-10-8-6-4-2)52-68-60-59(67)58(66)57(65)55(51-62)69-60/h8,10,47,49,53-55,57-60,62-63,65-67H,3-7,9,11-46,48,50-52H2,1-2H3,(H,61,64)/b10-8+,49-47+. The van der Waals surface area contributed by atoms with Gasteiger partial charge in [0.1, 0.15) is 24.4 Å². The third-order valence-electron chi connectivity index (χ3n) is 14.5. The Labute approximate surface area is 426 Å². The van der Waals surface area contributed by atoms with Crippen molar-refractivity contribution in [2.45, 2.75) is 339 Å². The largest absolute Gasteiger partial charge is 0.394 e. The van der Waals surface area contributed by atoms with E-state index in [1.165, 1.54) is 231 Å². The van der Waals surface area contributed by atoms with Crippen molar-refractivity contribution in [3.63, 3.8) is 0 Å². The van der Waals surface area contributed by atoms with Gasteiger partial charge >= 0.3 is 0 Å². The Kier molecular flexibility index (Phi) is 47.8. The Hall–Kier alpha value is -1.33. The van der Waals surface area contributed by atoms with Gasteiger partial charge in [-0.3, -0.25) is 4.79 Å². The first-order valence-electron chi connectivity index (χ1n) is 30.1. The van der Waals surface area contributed by atoms with Crippen LogP contribution in [0.3, 0.4) is 0 Å². The van der Waals surface area contributed by atoms with Crippen LogP contribution in [0.5, 0.6) is 0 Å². The molecule has 0 bridgehead atoms. The molecule has 1 heterocycles. The number of carbonyl (C=O) groups is 1. The molecule has 0 saturated carbocycles. The summed E-state index contributed by atoms with van der Waals surface area (Å²) in [6.07, 6.45) is 57.7. The van der Waals surface area contributed by atoms with Crippen molar-refractivity contribution in [1.82, 2.24) is 5.32 Å². The minimum Gasteiger partial charge on any atom is -0.394 e. The number of carbonyl (C=O) groups excluding carboxylic acids is 1. The highest BCUT2D eigenvalue weighted by Crippen LogP contribution is 2.23. The van der Waals surface area contributed by atoms with Crippen LogP contribution in [-0.2, 0) is 14.3 Å². The quantitative estimate of drug-likeness (QED) is 0.0261. The molecule has 0 radical (unpaired) electrons. The van der Waals surface area contributed by atoms with Crippen molar-refractivity contribution in [3.05, 3.63) is 24.3 Å². The Bertz CT molecular complexity index is 1130. The summed E-state index contributed by atoms with van der Waals surface area (Å²) in [7, 11) is 0. The minimum absolute atomic E-state index is 0.186. The molecule has 7 unspecified atom stereocenters. The Balaban J connectivity index is 1.94. The molecule has 0 aliphatic carbocycles. The van der Waals surface area contributed by atoms with Crippen molar-refractivity contribution < 1.29 is 39.8 Å². The molecule has 6 N–H and O–H groups in total. The third-order valence-corrected chi connectivity index (χ3v) is 14.5. The molecule has 9 nitrogen and oxygen atoms in total. The fraction of sp³-hybridized carbons (Fsp3) is 0.917. The molecular formula is C60H115NO8. The number of ether oxygens (including phenoxy) is 2. The first kappa shape index (κ1) is 65.7. The molecule has 408 valence electrons. The van der Waals surface area contributed by atoms with Crippen LogP contribution in [0.2, 0.25) is 0 Å². The van der Waals surface area contributed by atoms with E-state index in [1.807, 2.05) is 6.08 Å². The smallest absolute Gasteiger partial charge is 0.220 e. The van der Waals surface area contributed by atoms with E-state index in [-0.39, 0.29) is 12.5 Å². The number of unbranched alkanes of at least 4 members (excludes halogenated alkanes) is 40. The van der Waals surface area contributed by atoms with Crippen LogP contribution in [0.1, 0.15) is 296 Å². The van der Waals surface area contributed by atoms with E-state index in [0.29, 0.717) is 6.42 Å². The average Bonchev–Trinajstić information content (AvgIpc) is 3.35. The van der Waals surface area contributed by atoms with E-state index in [4.69, 9.17) is 9.47 Å². The number of nitrogens with one attached hydrogen (secondary N) is 1. The van der Waals surface area contributed by atoms with E-state index in [0.717, 1.165) is 44.9 Å². The molecule has 0 aromatic carbocycles. The molecule has 1 amide bonds. The van der Waals surface area contributed by atoms with Gasteiger partial charge in [-0.1, -0.05) is 289 Å². The van der Waals surface area contributed by atoms with Crippen molar-refractivity contribution in [1.29, 1.82) is 0 Å². The van der Waals surface area contributed by atoms with Gasteiger partial charge in [-0.25, -0.2) is 0 Å². The lowest BCUT2D eigenvalue weighted by atomic mass is 9.99. The molecule has 1 aliphatic rings. The second-order valence-corrected chi connectivity index (χ2v) is 21.1. The Morgan fingerprint density at radius 3 is 1.19 bits per heavy atom. The summed E-state index contributed by atoms with van der Waals surface area (Å²) in [6, 6.07) is -0.815. The summed E-state index contributed by atoms with van der Waals surface area (Å²) in [5.41, 5.74) is 0. The molecular weight excluding hydrogens is 863 g/mol. The van der Waals surface area contributed by atoms with Gasteiger partial charge in [0.15, 0.2) is 6.29 Å². The predicted molar refractivity (Wildman–Crippen MR) is 290 cm³/mol. The minimum atomic E-state index is -1.57. The first-order chi connectivity index (χ1) is 33.8. The number of hydrogen-bond donors (Lipinski definition) is 6. The van der Waals surface area contributed by atoms with Crippen LogP contribution in [0.4, 0.5) is 0 Å². The number of rotatable bonds is 52. The van der Waals surface area contributed by atoms with Crippen LogP contribution >= 0.6 is 0 Å². The molecule has 1 aliphatic heterocycles. The maximum atomic E-state index is 12.9. The molecule has 9 heteroatoms. The first-order valence-corrected chi connectivity index (χ1v) is 30.1. The topological polar surface area (TPSA) is 149 Å². The summed E-state index contributed by atoms with van der Waals surface area (Å²) < 4.78 is 11.2. The van der Waals surface area contributed by atoms with Crippen LogP contribution < -0.4 is 5.32 Å². The van der Waals surface area contributed by atoms with Gasteiger partial charge in [0.2, 0.25) is 5.91 Å². The maximum Gasteiger partial charge on any atom is 0.220 e. The zero-order valence-corrected chi connectivity index (χ0v) is 45.3. The van der Waals surface area contributed by atoms with Gasteiger partial charge in [0.05, 0.1) is 25.4 Å². The zero-order valence-electron chi connectivity index (χ0n) is 45.3. The molecule has 1 rings (SSSR count). The van der Waals surface area contributed by atoms with Crippen molar-refractivity contribution in [2.75, 3.05) is 13.2 Å². The van der Waals surface area contributed by atoms with Gasteiger partial charge in [-0.2, -0.15) is 0 Å². The van der Waals surface area contributed by atoms with Crippen molar-refractivity contribution in [3.8, 4) is 0 Å². The third kappa shape index (κ3) is 39.8. The van der Waals surface area contributed by atoms with Crippen molar-refractivity contribution >= 4 is 5.91 Å². The van der Waals surface area contributed by atoms with Crippen LogP contribution in [0.25, 0.3) is 0 Å². The molecule has 0 aromatic heterocycles. The highest BCUT2D eigenvalue weighted by molar-refractivity contribution is 5.76. The molecule has 0 spiro atoms. The number of aliphatic hydroxyl groups excluding tert-OH is 5. The molecule has 7 atom stereocenters. The van der Waals surface area contributed by atoms with Gasteiger partial charge < -0.3 is 40.3 Å². The summed E-state index contributed by atoms with van der Waals surface area (Å²) in [4.78, 5) is 12.9. The van der Waals surface area contributed by atoms with Crippen LogP contribution in [0.15, 0.2) is 24.3 Å². The summed E-state index contributed by atoms with van der Waals surface area (Å²) >= 11 is 0. The Morgan fingerprint density at radius 1 is 0.478 bits per heavy atom. The van der Waals surface area contributed by atoms with Crippen molar-refractivity contribution in [2.24, 2.45) is 0 Å². The SMILES string of the molecule is CCC/C=C/CC/C=C/C(O)C(COC1OC(CO)C(O)C(O)C1O)NC(=O)CCCCCCCCCCCCCCCCCCCCCCCCCCCCCCCCCCCCCCCCC. The van der Waals surface area contributed by atoms with Crippen LogP contribution in [-0.4, -0.2) is 87.5 Å². The van der Waals surface area contributed by atoms with Gasteiger partial charge in [0, 0.05) is 6.42 Å². The van der Waals surface area contributed by atoms with E-state index in [9.17, 15) is 30.3 Å². The maximum absolute atomic E-state index is 12.9. The molecule has 1 saturated heterocycles. The zero-order chi connectivity index (χ0) is 50.1. The highest BCUT2D eigenvalue weighted by Gasteiger charge is 2.44. The number of allylic oxidation sites excluding steroid dienone is 3. The number of amides is 1. The molecule has 0 aromatic rings. The number of aliphatic hydroxyl groups is 5.